The van der Waals surface area contributed by atoms with Crippen LogP contribution in [-0.2, 0) is 16.4 Å². The van der Waals surface area contributed by atoms with Gasteiger partial charge in [-0.1, -0.05) is 6.07 Å². The van der Waals surface area contributed by atoms with Crippen LogP contribution in [0.3, 0.4) is 0 Å². The van der Waals surface area contributed by atoms with Crippen LogP contribution < -0.4 is 5.73 Å². The summed E-state index contributed by atoms with van der Waals surface area (Å²) in [6.45, 7) is 3.13. The number of sulfonamides is 1. The highest BCUT2D eigenvalue weighted by atomic mass is 32.2. The van der Waals surface area contributed by atoms with E-state index in [4.69, 9.17) is 5.73 Å². The maximum atomic E-state index is 12.4. The minimum absolute atomic E-state index is 0.0452. The number of piperidine rings is 1. The second-order valence-corrected chi connectivity index (χ2v) is 7.59. The molecule has 0 radical (unpaired) electrons. The van der Waals surface area contributed by atoms with Gasteiger partial charge in [-0.2, -0.15) is 0 Å². The third-order valence-corrected chi connectivity index (χ3v) is 5.74. The van der Waals surface area contributed by atoms with Gasteiger partial charge in [-0.25, -0.2) is 12.7 Å². The van der Waals surface area contributed by atoms with Gasteiger partial charge in [0, 0.05) is 37.4 Å². The maximum absolute atomic E-state index is 12.4. The van der Waals surface area contributed by atoms with Crippen LogP contribution in [-0.4, -0.2) is 42.6 Å². The van der Waals surface area contributed by atoms with Gasteiger partial charge in [-0.15, -0.1) is 0 Å². The standard InChI is InChI=1S/C14H23N3O2S/c1-12(15)13-5-4-9-17(11-13)20(18,19)10-7-14-6-2-3-8-16-14/h2-3,6,8,12-13H,4-5,7,9-11,15H2,1H3. The number of pyridine rings is 1. The van der Waals surface area contributed by atoms with Gasteiger partial charge in [0.05, 0.1) is 5.75 Å². The van der Waals surface area contributed by atoms with Crippen molar-refractivity contribution in [1.29, 1.82) is 0 Å². The highest BCUT2D eigenvalue weighted by molar-refractivity contribution is 7.89. The molecule has 0 saturated carbocycles. The summed E-state index contributed by atoms with van der Waals surface area (Å²) >= 11 is 0. The number of rotatable bonds is 5. The Bertz CT molecular complexity index is 516. The Kier molecular flexibility index (Phi) is 5.12. The van der Waals surface area contributed by atoms with Crippen LogP contribution in [0.4, 0.5) is 0 Å². The summed E-state index contributed by atoms with van der Waals surface area (Å²) in [5, 5.41) is 0. The zero-order valence-corrected chi connectivity index (χ0v) is 12.7. The molecular weight excluding hydrogens is 274 g/mol. The van der Waals surface area contributed by atoms with E-state index >= 15 is 0 Å². The van der Waals surface area contributed by atoms with Gasteiger partial charge in [0.1, 0.15) is 0 Å². The summed E-state index contributed by atoms with van der Waals surface area (Å²) in [5.74, 6) is 0.392. The quantitative estimate of drug-likeness (QED) is 0.880. The van der Waals surface area contributed by atoms with E-state index in [0.29, 0.717) is 19.5 Å². The van der Waals surface area contributed by atoms with Crippen LogP contribution in [0.2, 0.25) is 0 Å². The normalized spacial score (nSPS) is 22.6. The summed E-state index contributed by atoms with van der Waals surface area (Å²) < 4.78 is 26.4. The second kappa shape index (κ2) is 6.65. The molecule has 2 heterocycles. The number of nitrogens with zero attached hydrogens (tertiary/aromatic N) is 2. The van der Waals surface area contributed by atoms with Crippen molar-refractivity contribution in [2.75, 3.05) is 18.8 Å². The summed E-state index contributed by atoms with van der Waals surface area (Å²) in [5.41, 5.74) is 6.72. The fourth-order valence-electron chi connectivity index (χ4n) is 2.56. The van der Waals surface area contributed by atoms with Crippen molar-refractivity contribution < 1.29 is 8.42 Å². The molecule has 0 amide bonds. The molecule has 112 valence electrons. The summed E-state index contributed by atoms with van der Waals surface area (Å²) in [7, 11) is -3.21. The Hall–Kier alpha value is -0.980. The summed E-state index contributed by atoms with van der Waals surface area (Å²) in [4.78, 5) is 4.17. The molecule has 0 bridgehead atoms. The van der Waals surface area contributed by atoms with E-state index in [1.54, 1.807) is 10.5 Å². The molecule has 1 aliphatic heterocycles. The molecule has 1 aliphatic rings. The van der Waals surface area contributed by atoms with Gasteiger partial charge in [0.2, 0.25) is 10.0 Å². The smallest absolute Gasteiger partial charge is 0.214 e. The molecule has 2 N–H and O–H groups in total. The van der Waals surface area contributed by atoms with Gasteiger partial charge < -0.3 is 5.73 Å². The first-order chi connectivity index (χ1) is 9.49. The van der Waals surface area contributed by atoms with Crippen molar-refractivity contribution in [3.63, 3.8) is 0 Å². The predicted octanol–water partition coefficient (Wildman–Crippen LogP) is 1.01. The van der Waals surface area contributed by atoms with Gasteiger partial charge in [-0.05, 0) is 37.8 Å². The summed E-state index contributed by atoms with van der Waals surface area (Å²) in [6, 6.07) is 5.61. The average Bonchev–Trinajstić information content (AvgIpc) is 2.46. The maximum Gasteiger partial charge on any atom is 0.214 e. The molecule has 1 aromatic rings. The van der Waals surface area contributed by atoms with Gasteiger partial charge in [0.25, 0.3) is 0 Å². The molecule has 2 rings (SSSR count). The minimum atomic E-state index is -3.21. The topological polar surface area (TPSA) is 76.3 Å². The van der Waals surface area contributed by atoms with Crippen molar-refractivity contribution in [2.24, 2.45) is 11.7 Å². The number of nitrogens with two attached hydrogens (primary N) is 1. The van der Waals surface area contributed by atoms with Gasteiger partial charge >= 0.3 is 0 Å². The first kappa shape index (κ1) is 15.4. The Morgan fingerprint density at radius 2 is 2.30 bits per heavy atom. The van der Waals surface area contributed by atoms with Crippen LogP contribution in [0, 0.1) is 5.92 Å². The first-order valence-corrected chi connectivity index (χ1v) is 8.73. The SMILES string of the molecule is CC(N)C1CCCN(S(=O)(=O)CCc2ccccn2)C1. The lowest BCUT2D eigenvalue weighted by Crippen LogP contribution is -2.45. The second-order valence-electron chi connectivity index (χ2n) is 5.51. The number of hydrogen-bond acceptors (Lipinski definition) is 4. The monoisotopic (exact) mass is 297 g/mol. The summed E-state index contributed by atoms with van der Waals surface area (Å²) in [6.07, 6.45) is 4.07. The highest BCUT2D eigenvalue weighted by Gasteiger charge is 2.30. The van der Waals surface area contributed by atoms with E-state index in [0.717, 1.165) is 18.5 Å². The highest BCUT2D eigenvalue weighted by Crippen LogP contribution is 2.21. The molecular formula is C14H23N3O2S. The van der Waals surface area contributed by atoms with Gasteiger partial charge in [0.15, 0.2) is 0 Å². The predicted molar refractivity (Wildman–Crippen MR) is 79.7 cm³/mol. The molecule has 1 aromatic heterocycles. The van der Waals surface area contributed by atoms with E-state index in [1.165, 1.54) is 0 Å². The third-order valence-electron chi connectivity index (χ3n) is 3.90. The molecule has 0 aliphatic carbocycles. The lowest BCUT2D eigenvalue weighted by Gasteiger charge is -2.33. The van der Waals surface area contributed by atoms with Gasteiger partial charge in [-0.3, -0.25) is 4.98 Å². The zero-order valence-electron chi connectivity index (χ0n) is 11.9. The Balaban J connectivity index is 1.96. The van der Waals surface area contributed by atoms with Crippen LogP contribution in [0.25, 0.3) is 0 Å². The van der Waals surface area contributed by atoms with Crippen molar-refractivity contribution in [3.8, 4) is 0 Å². The number of hydrogen-bond donors (Lipinski definition) is 1. The fourth-order valence-corrected chi connectivity index (χ4v) is 4.12. The Morgan fingerprint density at radius 1 is 1.50 bits per heavy atom. The van der Waals surface area contributed by atoms with E-state index in [1.807, 2.05) is 25.1 Å². The first-order valence-electron chi connectivity index (χ1n) is 7.12. The van der Waals surface area contributed by atoms with Crippen molar-refractivity contribution in [3.05, 3.63) is 30.1 Å². The molecule has 6 heteroatoms. The van der Waals surface area contributed by atoms with Crippen LogP contribution >= 0.6 is 0 Å². The minimum Gasteiger partial charge on any atom is -0.328 e. The molecule has 2 unspecified atom stereocenters. The third kappa shape index (κ3) is 4.01. The Labute approximate surface area is 121 Å². The lowest BCUT2D eigenvalue weighted by molar-refractivity contribution is 0.243. The Morgan fingerprint density at radius 3 is 2.95 bits per heavy atom. The largest absolute Gasteiger partial charge is 0.328 e. The molecule has 1 fully saturated rings. The van der Waals surface area contributed by atoms with E-state index in [9.17, 15) is 8.42 Å². The van der Waals surface area contributed by atoms with Crippen LogP contribution in [0.5, 0.6) is 0 Å². The average molecular weight is 297 g/mol. The zero-order chi connectivity index (χ0) is 14.6. The molecule has 5 nitrogen and oxygen atoms in total. The van der Waals surface area contributed by atoms with E-state index in [-0.39, 0.29) is 17.7 Å². The van der Waals surface area contributed by atoms with Crippen molar-refractivity contribution in [1.82, 2.24) is 9.29 Å². The van der Waals surface area contributed by atoms with E-state index in [2.05, 4.69) is 4.98 Å². The molecule has 1 saturated heterocycles. The van der Waals surface area contributed by atoms with Crippen molar-refractivity contribution >= 4 is 10.0 Å². The fraction of sp³-hybridized carbons (Fsp3) is 0.643. The molecule has 0 spiro atoms. The molecule has 0 aromatic carbocycles. The van der Waals surface area contributed by atoms with E-state index < -0.39 is 10.0 Å². The van der Waals surface area contributed by atoms with Crippen molar-refractivity contribution in [2.45, 2.75) is 32.2 Å². The van der Waals surface area contributed by atoms with Crippen LogP contribution in [0.15, 0.2) is 24.4 Å². The molecule has 2 atom stereocenters. The lowest BCUT2D eigenvalue weighted by atomic mass is 9.93. The van der Waals surface area contributed by atoms with Crippen LogP contribution in [0.1, 0.15) is 25.5 Å². The number of aryl methyl sites for hydroxylation is 1. The number of aromatic nitrogens is 1. The molecule has 20 heavy (non-hydrogen) atoms.